The molecule has 1 fully saturated rings. The molecule has 2 aromatic carbocycles. The van der Waals surface area contributed by atoms with Crippen LogP contribution in [0.2, 0.25) is 18.1 Å². The Balaban J connectivity index is 2.02. The average molecular weight is 652 g/mol. The normalized spacial score (nSPS) is 20.0. The number of carbonyl (C=O) groups is 2. The first kappa shape index (κ1) is 35.7. The van der Waals surface area contributed by atoms with Gasteiger partial charge in [-0.25, -0.2) is 8.42 Å². The lowest BCUT2D eigenvalue weighted by Gasteiger charge is -2.38. The molecule has 1 N–H and O–H groups in total. The Bertz CT molecular complexity index is 1370. The largest absolute Gasteiger partial charge is 0.497 e. The van der Waals surface area contributed by atoms with Crippen molar-refractivity contribution in [3.8, 4) is 5.75 Å². The van der Waals surface area contributed by atoms with E-state index in [2.05, 4.69) is 38.6 Å². The van der Waals surface area contributed by atoms with Crippen molar-refractivity contribution in [3.05, 3.63) is 60.2 Å². The van der Waals surface area contributed by atoms with E-state index in [9.17, 15) is 18.0 Å². The van der Waals surface area contributed by atoms with Crippen LogP contribution in [-0.2, 0) is 49.6 Å². The second-order valence-electron chi connectivity index (χ2n) is 12.7. The molecule has 3 rings (SSSR count). The maximum atomic E-state index is 13.7. The lowest BCUT2D eigenvalue weighted by Crippen LogP contribution is -2.58. The van der Waals surface area contributed by atoms with Gasteiger partial charge in [0.05, 0.1) is 18.6 Å². The van der Waals surface area contributed by atoms with Crippen LogP contribution in [0.4, 0.5) is 0 Å². The molecule has 0 radical (unpaired) electrons. The molecular weight excluding hydrogens is 606 g/mol. The smallest absolute Gasteiger partial charge is 0.328 e. The molecule has 13 heteroatoms. The third-order valence-electron chi connectivity index (χ3n) is 7.72. The van der Waals surface area contributed by atoms with Crippen LogP contribution >= 0.6 is 0 Å². The number of carbonyl (C=O) groups excluding carboxylic acids is 2. The van der Waals surface area contributed by atoms with Gasteiger partial charge in [0, 0.05) is 6.92 Å². The molecule has 1 aliphatic rings. The third-order valence-corrected chi connectivity index (χ3v) is 13.7. The first-order valence-corrected chi connectivity index (χ1v) is 18.8. The fourth-order valence-electron chi connectivity index (χ4n) is 4.35. The quantitative estimate of drug-likeness (QED) is 0.243. The summed E-state index contributed by atoms with van der Waals surface area (Å²) in [7, 11) is -5.14. The van der Waals surface area contributed by atoms with Crippen LogP contribution in [0.1, 0.15) is 47.1 Å². The van der Waals surface area contributed by atoms with Crippen molar-refractivity contribution < 1.29 is 46.1 Å². The van der Waals surface area contributed by atoms with Crippen molar-refractivity contribution in [1.29, 1.82) is 0 Å². The van der Waals surface area contributed by atoms with Crippen molar-refractivity contribution >= 4 is 30.3 Å². The molecule has 244 valence electrons. The predicted octanol–water partition coefficient (Wildman–Crippen LogP) is 4.56. The summed E-state index contributed by atoms with van der Waals surface area (Å²) >= 11 is 0. The van der Waals surface area contributed by atoms with E-state index >= 15 is 0 Å². The van der Waals surface area contributed by atoms with E-state index in [1.54, 1.807) is 38.1 Å². The van der Waals surface area contributed by atoms with Crippen molar-refractivity contribution in [1.82, 2.24) is 4.72 Å². The van der Waals surface area contributed by atoms with Crippen molar-refractivity contribution in [3.63, 3.8) is 0 Å². The topological polar surface area (TPSA) is 136 Å². The second kappa shape index (κ2) is 14.1. The molecular formula is C31H45NO10SSi. The zero-order chi connectivity index (χ0) is 32.9. The summed E-state index contributed by atoms with van der Waals surface area (Å²) in [5, 5.41) is -0.107. The molecule has 0 bridgehead atoms. The van der Waals surface area contributed by atoms with Crippen LogP contribution in [0, 0.1) is 0 Å². The molecule has 1 saturated heterocycles. The van der Waals surface area contributed by atoms with Gasteiger partial charge < -0.3 is 28.1 Å². The van der Waals surface area contributed by atoms with Gasteiger partial charge in [0.1, 0.15) is 24.6 Å². The minimum atomic E-state index is -4.34. The highest BCUT2D eigenvalue weighted by molar-refractivity contribution is 7.89. The van der Waals surface area contributed by atoms with Gasteiger partial charge in [-0.05, 0) is 61.8 Å². The molecule has 0 spiro atoms. The number of nitrogens with one attached hydrogen (secondary N) is 1. The summed E-state index contributed by atoms with van der Waals surface area (Å²) < 4.78 is 64.8. The molecule has 0 aromatic heterocycles. The van der Waals surface area contributed by atoms with Crippen LogP contribution in [-0.4, -0.2) is 72.5 Å². The Labute approximate surface area is 261 Å². The minimum Gasteiger partial charge on any atom is -0.497 e. The Kier molecular flexibility index (Phi) is 11.4. The van der Waals surface area contributed by atoms with Gasteiger partial charge in [-0.1, -0.05) is 51.1 Å². The van der Waals surface area contributed by atoms with E-state index in [1.165, 1.54) is 38.3 Å². The summed E-state index contributed by atoms with van der Waals surface area (Å²) in [6.07, 6.45) is -3.37. The van der Waals surface area contributed by atoms with Gasteiger partial charge in [-0.3, -0.25) is 9.59 Å². The van der Waals surface area contributed by atoms with Gasteiger partial charge in [0.25, 0.3) is 0 Å². The number of hydrogen-bond acceptors (Lipinski definition) is 10. The maximum Gasteiger partial charge on any atom is 0.328 e. The van der Waals surface area contributed by atoms with Crippen LogP contribution in [0.25, 0.3) is 0 Å². The molecule has 11 nitrogen and oxygen atoms in total. The van der Waals surface area contributed by atoms with Gasteiger partial charge in [0.2, 0.25) is 10.0 Å². The fraction of sp³-hybridized carbons (Fsp3) is 0.548. The van der Waals surface area contributed by atoms with Gasteiger partial charge in [-0.15, -0.1) is 0 Å². The van der Waals surface area contributed by atoms with Crippen molar-refractivity contribution in [2.75, 3.05) is 13.7 Å². The number of rotatable bonds is 13. The van der Waals surface area contributed by atoms with Gasteiger partial charge >= 0.3 is 11.9 Å². The minimum absolute atomic E-state index is 0.0688. The van der Waals surface area contributed by atoms with Crippen LogP contribution < -0.4 is 9.46 Å². The summed E-state index contributed by atoms with van der Waals surface area (Å²) in [5.74, 6) is -2.42. The van der Waals surface area contributed by atoms with E-state index in [1.807, 2.05) is 6.07 Å². The van der Waals surface area contributed by atoms with Gasteiger partial charge in [-0.2, -0.15) is 4.72 Å². The monoisotopic (exact) mass is 651 g/mol. The zero-order valence-corrected chi connectivity index (χ0v) is 28.7. The van der Waals surface area contributed by atoms with Gasteiger partial charge in [0.15, 0.2) is 26.3 Å². The lowest BCUT2D eigenvalue weighted by molar-refractivity contribution is -0.177. The van der Waals surface area contributed by atoms with E-state index < -0.39 is 60.4 Å². The first-order chi connectivity index (χ1) is 20.3. The predicted molar refractivity (Wildman–Crippen MR) is 166 cm³/mol. The molecule has 1 aliphatic heterocycles. The lowest BCUT2D eigenvalue weighted by atomic mass is 10.0. The standard InChI is InChI=1S/C31H45NO10SSi/c1-21(33)40-28(27-25(41-31(5,6)42-27)20-39-44(8,9)30(2,3)4)26(29(34)38-19-22-13-11-10-12-14-22)32-43(35,36)24-17-15-23(37-7)16-18-24/h10-18,25-28,32H,19-20H2,1-9H3/t25-,26?,27+,28-/m0/s1. The summed E-state index contributed by atoms with van der Waals surface area (Å²) in [4.78, 5) is 26.1. The summed E-state index contributed by atoms with van der Waals surface area (Å²) in [6.45, 7) is 14.9. The molecule has 0 amide bonds. The summed E-state index contributed by atoms with van der Waals surface area (Å²) in [5.41, 5.74) is 0.684. The molecule has 1 heterocycles. The van der Waals surface area contributed by atoms with E-state index in [0.29, 0.717) is 11.3 Å². The number of ether oxygens (including phenoxy) is 5. The maximum absolute atomic E-state index is 13.7. The molecule has 4 atom stereocenters. The van der Waals surface area contributed by atoms with Crippen molar-refractivity contribution in [2.45, 2.75) is 101 Å². The Hall–Kier alpha value is -2.81. The number of methoxy groups -OCH3 is 1. The van der Waals surface area contributed by atoms with Crippen LogP contribution in [0.5, 0.6) is 5.75 Å². The highest BCUT2D eigenvalue weighted by Gasteiger charge is 2.52. The molecule has 44 heavy (non-hydrogen) atoms. The molecule has 2 aromatic rings. The van der Waals surface area contributed by atoms with E-state index in [0.717, 1.165) is 0 Å². The Morgan fingerprint density at radius 1 is 1.02 bits per heavy atom. The first-order valence-electron chi connectivity index (χ1n) is 14.4. The highest BCUT2D eigenvalue weighted by Crippen LogP contribution is 2.39. The second-order valence-corrected chi connectivity index (χ2v) is 19.2. The molecule has 0 saturated carbocycles. The zero-order valence-electron chi connectivity index (χ0n) is 26.9. The number of sulfonamides is 1. The van der Waals surface area contributed by atoms with Crippen molar-refractivity contribution in [2.24, 2.45) is 0 Å². The third kappa shape index (κ3) is 9.35. The fourth-order valence-corrected chi connectivity index (χ4v) is 6.56. The van der Waals surface area contributed by atoms with E-state index in [-0.39, 0.29) is 23.1 Å². The number of hydrogen-bond donors (Lipinski definition) is 1. The number of esters is 2. The Morgan fingerprint density at radius 2 is 1.64 bits per heavy atom. The van der Waals surface area contributed by atoms with E-state index in [4.69, 9.17) is 28.1 Å². The highest BCUT2D eigenvalue weighted by atomic mass is 32.2. The average Bonchev–Trinajstić information content (AvgIpc) is 3.26. The molecule has 0 aliphatic carbocycles. The Morgan fingerprint density at radius 3 is 2.18 bits per heavy atom. The van der Waals surface area contributed by atoms with Crippen LogP contribution in [0.3, 0.4) is 0 Å². The van der Waals surface area contributed by atoms with Crippen LogP contribution in [0.15, 0.2) is 59.5 Å². The summed E-state index contributed by atoms with van der Waals surface area (Å²) in [6, 6.07) is 12.8. The SMILES string of the molecule is COc1ccc(S(=O)(=O)NC(C(=O)OCc2ccccc2)[C@H](OC(C)=O)[C@@H]2OC(C)(C)O[C@H]2CO[Si](C)(C)C(C)(C)C)cc1. The molecule has 1 unspecified atom stereocenters. The number of benzene rings is 2.